The molecule has 3 rings (SSSR count). The number of quaternary nitrogens is 1. The zero-order chi connectivity index (χ0) is 9.05. The lowest BCUT2D eigenvalue weighted by Gasteiger charge is -2.36. The van der Waals surface area contributed by atoms with Crippen LogP contribution in [0.5, 0.6) is 0 Å². The van der Waals surface area contributed by atoms with Crippen molar-refractivity contribution in [3.8, 4) is 0 Å². The van der Waals surface area contributed by atoms with E-state index in [9.17, 15) is 0 Å². The lowest BCUT2D eigenvalue weighted by atomic mass is 9.90. The first-order valence-corrected chi connectivity index (χ1v) is 6.04. The van der Waals surface area contributed by atoms with Crippen molar-refractivity contribution in [1.29, 1.82) is 0 Å². The molecule has 0 N–H and O–H groups in total. The molecule has 0 aromatic heterocycles. The number of fused-ring (bicyclic) bond motifs is 3. The van der Waals surface area contributed by atoms with E-state index in [-0.39, 0.29) is 0 Å². The van der Waals surface area contributed by atoms with Gasteiger partial charge in [-0.3, -0.25) is 0 Å². The first kappa shape index (κ1) is 8.28. The molecular formula is C12H22N+. The molecule has 3 aliphatic rings. The smallest absolute Gasteiger partial charge is 0.0921 e. The fourth-order valence-electron chi connectivity index (χ4n) is 4.84. The Morgan fingerprint density at radius 3 is 1.69 bits per heavy atom. The maximum Gasteiger partial charge on any atom is 0.0921 e. The van der Waals surface area contributed by atoms with Gasteiger partial charge in [0.1, 0.15) is 0 Å². The number of hydrogen-bond donors (Lipinski definition) is 0. The number of nitrogens with zero attached hydrogens (tertiary/aromatic N) is 1. The maximum atomic E-state index is 2.50. The second-order valence-corrected chi connectivity index (χ2v) is 5.95. The lowest BCUT2D eigenvalue weighted by molar-refractivity contribution is -0.926. The number of rotatable bonds is 0. The van der Waals surface area contributed by atoms with Crippen molar-refractivity contribution in [2.45, 2.75) is 50.6 Å². The minimum Gasteiger partial charge on any atom is -0.323 e. The molecule has 0 radical (unpaired) electrons. The molecule has 3 fully saturated rings. The van der Waals surface area contributed by atoms with Crippen LogP contribution in [-0.2, 0) is 0 Å². The molecule has 1 heterocycles. The van der Waals surface area contributed by atoms with Crippen LogP contribution in [0.15, 0.2) is 0 Å². The van der Waals surface area contributed by atoms with Crippen LogP contribution < -0.4 is 0 Å². The van der Waals surface area contributed by atoms with Gasteiger partial charge in [0.05, 0.1) is 26.2 Å². The second kappa shape index (κ2) is 2.50. The molecule has 74 valence electrons. The van der Waals surface area contributed by atoms with Gasteiger partial charge in [-0.25, -0.2) is 0 Å². The minimum atomic E-state index is 1.04. The number of likely N-dealkylation sites (tertiary alicyclic amines) is 1. The normalized spacial score (nSPS) is 52.2. The van der Waals surface area contributed by atoms with Crippen molar-refractivity contribution in [3.63, 3.8) is 0 Å². The van der Waals surface area contributed by atoms with E-state index in [4.69, 9.17) is 0 Å². The topological polar surface area (TPSA) is 0 Å². The van der Waals surface area contributed by atoms with Gasteiger partial charge in [0, 0.05) is 11.8 Å². The van der Waals surface area contributed by atoms with Gasteiger partial charge in [0.25, 0.3) is 0 Å². The molecule has 0 bridgehead atoms. The summed E-state index contributed by atoms with van der Waals surface area (Å²) in [6.45, 7) is 0. The van der Waals surface area contributed by atoms with Gasteiger partial charge in [0.2, 0.25) is 0 Å². The van der Waals surface area contributed by atoms with Gasteiger partial charge in [-0.15, -0.1) is 0 Å². The van der Waals surface area contributed by atoms with E-state index >= 15 is 0 Å². The standard InChI is InChI=1S/C12H22N/c1-13(2)11-7-3-5-9(11)10-6-4-8-12(10)13/h9-12H,3-8H2,1-2H3/q+1/t9-,10-,11-,12-/m1/s1. The highest BCUT2D eigenvalue weighted by Crippen LogP contribution is 2.53. The van der Waals surface area contributed by atoms with Crippen LogP contribution in [0.2, 0.25) is 0 Å². The van der Waals surface area contributed by atoms with Crippen molar-refractivity contribution in [2.75, 3.05) is 14.1 Å². The molecule has 0 spiro atoms. The first-order valence-electron chi connectivity index (χ1n) is 6.04. The molecule has 1 nitrogen and oxygen atoms in total. The van der Waals surface area contributed by atoms with E-state index in [1.165, 1.54) is 30.2 Å². The molecule has 2 saturated carbocycles. The Morgan fingerprint density at radius 1 is 0.769 bits per heavy atom. The fourth-order valence-corrected chi connectivity index (χ4v) is 4.84. The molecule has 0 amide bonds. The van der Waals surface area contributed by atoms with Crippen molar-refractivity contribution in [1.82, 2.24) is 0 Å². The summed E-state index contributed by atoms with van der Waals surface area (Å²) < 4.78 is 1.37. The molecule has 0 aromatic carbocycles. The van der Waals surface area contributed by atoms with Gasteiger partial charge < -0.3 is 4.48 Å². The molecule has 2 aliphatic carbocycles. The average molecular weight is 180 g/mol. The van der Waals surface area contributed by atoms with Crippen molar-refractivity contribution < 1.29 is 4.48 Å². The van der Waals surface area contributed by atoms with E-state index in [1.807, 2.05) is 0 Å². The summed E-state index contributed by atoms with van der Waals surface area (Å²) in [5.41, 5.74) is 0. The highest BCUT2D eigenvalue weighted by molar-refractivity contribution is 4.97. The molecular weight excluding hydrogens is 158 g/mol. The molecule has 1 saturated heterocycles. The van der Waals surface area contributed by atoms with Crippen molar-refractivity contribution >= 4 is 0 Å². The summed E-state index contributed by atoms with van der Waals surface area (Å²) in [6, 6.07) is 2.07. The van der Waals surface area contributed by atoms with Crippen LogP contribution in [0.25, 0.3) is 0 Å². The maximum absolute atomic E-state index is 2.50. The second-order valence-electron chi connectivity index (χ2n) is 5.95. The molecule has 1 heteroatoms. The summed E-state index contributed by atoms with van der Waals surface area (Å²) in [4.78, 5) is 0. The number of hydrogen-bond acceptors (Lipinski definition) is 0. The SMILES string of the molecule is C[N+]1(C)[C@@H]2CCC[C@@H]2[C@H]2CCC[C@H]21. The zero-order valence-electron chi connectivity index (χ0n) is 9.00. The van der Waals surface area contributed by atoms with Crippen molar-refractivity contribution in [2.24, 2.45) is 11.8 Å². The molecule has 13 heavy (non-hydrogen) atoms. The van der Waals surface area contributed by atoms with Crippen LogP contribution in [-0.4, -0.2) is 30.7 Å². The lowest BCUT2D eigenvalue weighted by Crippen LogP contribution is -2.50. The molecule has 0 aromatic rings. The fraction of sp³-hybridized carbons (Fsp3) is 1.00. The summed E-state index contributed by atoms with van der Waals surface area (Å²) >= 11 is 0. The Morgan fingerprint density at radius 2 is 1.23 bits per heavy atom. The quantitative estimate of drug-likeness (QED) is 0.502. The van der Waals surface area contributed by atoms with Crippen molar-refractivity contribution in [3.05, 3.63) is 0 Å². The third-order valence-electron chi connectivity index (χ3n) is 5.32. The predicted octanol–water partition coefficient (Wildman–Crippen LogP) is 2.41. The van der Waals surface area contributed by atoms with E-state index in [0.29, 0.717) is 0 Å². The Bertz CT molecular complexity index is 199. The Balaban J connectivity index is 1.96. The van der Waals surface area contributed by atoms with Crippen LogP contribution in [0.3, 0.4) is 0 Å². The Labute approximate surface area is 81.7 Å². The Kier molecular flexibility index (Phi) is 1.59. The minimum absolute atomic E-state index is 1.04. The summed E-state index contributed by atoms with van der Waals surface area (Å²) in [6.07, 6.45) is 9.16. The highest BCUT2D eigenvalue weighted by Gasteiger charge is 2.58. The van der Waals surface area contributed by atoms with E-state index in [2.05, 4.69) is 14.1 Å². The zero-order valence-corrected chi connectivity index (χ0v) is 9.00. The third-order valence-corrected chi connectivity index (χ3v) is 5.32. The first-order chi connectivity index (χ1) is 6.21. The average Bonchev–Trinajstić information content (AvgIpc) is 2.74. The summed E-state index contributed by atoms with van der Waals surface area (Å²) in [5, 5.41) is 0. The molecule has 0 unspecified atom stereocenters. The van der Waals surface area contributed by atoms with E-state index in [1.54, 1.807) is 12.8 Å². The predicted molar refractivity (Wildman–Crippen MR) is 54.4 cm³/mol. The highest BCUT2D eigenvalue weighted by atomic mass is 15.4. The molecule has 4 atom stereocenters. The third kappa shape index (κ3) is 0.918. The monoisotopic (exact) mass is 180 g/mol. The molecule has 1 aliphatic heterocycles. The summed E-state index contributed by atoms with van der Waals surface area (Å²) in [5.74, 6) is 2.23. The Hall–Kier alpha value is -0.0400. The van der Waals surface area contributed by atoms with Crippen LogP contribution in [0.1, 0.15) is 38.5 Å². The van der Waals surface area contributed by atoms with Gasteiger partial charge in [-0.2, -0.15) is 0 Å². The van der Waals surface area contributed by atoms with Gasteiger partial charge in [-0.1, -0.05) is 0 Å². The van der Waals surface area contributed by atoms with Crippen LogP contribution >= 0.6 is 0 Å². The largest absolute Gasteiger partial charge is 0.323 e. The van der Waals surface area contributed by atoms with Crippen LogP contribution in [0, 0.1) is 11.8 Å². The van der Waals surface area contributed by atoms with E-state index < -0.39 is 0 Å². The van der Waals surface area contributed by atoms with E-state index in [0.717, 1.165) is 23.9 Å². The van der Waals surface area contributed by atoms with Gasteiger partial charge in [0.15, 0.2) is 0 Å². The van der Waals surface area contributed by atoms with Crippen LogP contribution in [0.4, 0.5) is 0 Å². The summed E-state index contributed by atoms with van der Waals surface area (Å²) in [7, 11) is 5.00. The van der Waals surface area contributed by atoms with Gasteiger partial charge >= 0.3 is 0 Å². The van der Waals surface area contributed by atoms with Gasteiger partial charge in [-0.05, 0) is 38.5 Å².